The van der Waals surface area contributed by atoms with E-state index in [9.17, 15) is 0 Å². The first-order valence-corrected chi connectivity index (χ1v) is 9.00. The lowest BCUT2D eigenvalue weighted by molar-refractivity contribution is 0.371. The lowest BCUT2D eigenvalue weighted by Crippen LogP contribution is -2.28. The van der Waals surface area contributed by atoms with E-state index in [1.807, 2.05) is 30.3 Å². The van der Waals surface area contributed by atoms with Crippen molar-refractivity contribution in [2.24, 2.45) is 0 Å². The van der Waals surface area contributed by atoms with Crippen molar-refractivity contribution >= 4 is 21.9 Å². The summed E-state index contributed by atoms with van der Waals surface area (Å²) in [5, 5.41) is 15.6. The van der Waals surface area contributed by atoms with Crippen LogP contribution >= 0.6 is 15.9 Å². The minimum absolute atomic E-state index is 0.0738. The summed E-state index contributed by atoms with van der Waals surface area (Å²) in [7, 11) is 3.32. The molecule has 0 unspecified atom stereocenters. The molecule has 0 bridgehead atoms. The average Bonchev–Trinajstić information content (AvgIpc) is 3.15. The molecule has 0 radical (unpaired) electrons. The zero-order chi connectivity index (χ0) is 18.1. The standard InChI is InChI=1S/C18H18BrN5O2/c1-25-13-6-7-17(26-2)14(9-13)16-10-15(11-4-3-5-12(19)8-11)20-18-21-22-23-24(16)18/h3-9,15-16H,10H2,1-2H3,(H,20,21,23)/t15-,16-/m0/s1. The number of tetrazole rings is 1. The third-order valence-electron chi connectivity index (χ3n) is 4.60. The second kappa shape index (κ2) is 6.95. The number of aromatic nitrogens is 4. The molecule has 0 aliphatic carbocycles. The SMILES string of the molecule is COc1ccc(OC)c([C@@H]2C[C@@H](c3cccc(Br)c3)Nc3nnnn32)c1. The van der Waals surface area contributed by atoms with Gasteiger partial charge in [-0.25, -0.2) is 4.68 Å². The number of fused-ring (bicyclic) bond motifs is 1. The Morgan fingerprint density at radius 1 is 1.15 bits per heavy atom. The van der Waals surface area contributed by atoms with Gasteiger partial charge in [0.25, 0.3) is 0 Å². The van der Waals surface area contributed by atoms with Crippen molar-refractivity contribution in [3.63, 3.8) is 0 Å². The first kappa shape index (κ1) is 16.8. The van der Waals surface area contributed by atoms with Crippen LogP contribution in [0.3, 0.4) is 0 Å². The molecule has 26 heavy (non-hydrogen) atoms. The van der Waals surface area contributed by atoms with E-state index in [0.717, 1.165) is 28.0 Å². The molecular formula is C18H18BrN5O2. The molecule has 1 aliphatic heterocycles. The molecule has 1 aliphatic rings. The van der Waals surface area contributed by atoms with E-state index in [-0.39, 0.29) is 12.1 Å². The van der Waals surface area contributed by atoms with Gasteiger partial charge in [-0.2, -0.15) is 0 Å². The van der Waals surface area contributed by atoms with Crippen LogP contribution in [0.25, 0.3) is 0 Å². The van der Waals surface area contributed by atoms with Gasteiger partial charge in [-0.1, -0.05) is 33.2 Å². The van der Waals surface area contributed by atoms with Crippen LogP contribution in [0, 0.1) is 0 Å². The largest absolute Gasteiger partial charge is 0.497 e. The highest BCUT2D eigenvalue weighted by molar-refractivity contribution is 9.10. The van der Waals surface area contributed by atoms with Crippen molar-refractivity contribution in [2.75, 3.05) is 19.5 Å². The quantitative estimate of drug-likeness (QED) is 0.701. The van der Waals surface area contributed by atoms with Gasteiger partial charge in [0.05, 0.1) is 26.3 Å². The highest BCUT2D eigenvalue weighted by Gasteiger charge is 2.32. The van der Waals surface area contributed by atoms with E-state index >= 15 is 0 Å². The number of methoxy groups -OCH3 is 2. The molecule has 0 spiro atoms. The Hall–Kier alpha value is -2.61. The minimum atomic E-state index is -0.0738. The Morgan fingerprint density at radius 3 is 2.81 bits per heavy atom. The zero-order valence-corrected chi connectivity index (χ0v) is 16.0. The van der Waals surface area contributed by atoms with Crippen LogP contribution < -0.4 is 14.8 Å². The maximum absolute atomic E-state index is 5.58. The fraction of sp³-hybridized carbons (Fsp3) is 0.278. The molecule has 0 saturated heterocycles. The Bertz CT molecular complexity index is 929. The molecule has 2 heterocycles. The Labute approximate surface area is 159 Å². The van der Waals surface area contributed by atoms with Gasteiger partial charge in [-0.3, -0.25) is 0 Å². The van der Waals surface area contributed by atoms with E-state index in [2.05, 4.69) is 48.9 Å². The van der Waals surface area contributed by atoms with E-state index in [4.69, 9.17) is 9.47 Å². The fourth-order valence-corrected chi connectivity index (χ4v) is 3.75. The monoisotopic (exact) mass is 415 g/mol. The summed E-state index contributed by atoms with van der Waals surface area (Å²) in [5.41, 5.74) is 2.15. The third-order valence-corrected chi connectivity index (χ3v) is 5.09. The van der Waals surface area contributed by atoms with E-state index in [0.29, 0.717) is 5.95 Å². The number of nitrogens with one attached hydrogen (secondary N) is 1. The molecule has 134 valence electrons. The minimum Gasteiger partial charge on any atom is -0.497 e. The van der Waals surface area contributed by atoms with E-state index in [1.165, 1.54) is 5.56 Å². The van der Waals surface area contributed by atoms with Crippen molar-refractivity contribution < 1.29 is 9.47 Å². The van der Waals surface area contributed by atoms with E-state index < -0.39 is 0 Å². The van der Waals surface area contributed by atoms with Gasteiger partial charge in [-0.05, 0) is 52.7 Å². The summed E-state index contributed by atoms with van der Waals surface area (Å²) in [6.07, 6.45) is 0.776. The lowest BCUT2D eigenvalue weighted by atomic mass is 9.92. The number of ether oxygens (including phenoxy) is 2. The maximum atomic E-state index is 5.58. The number of halogens is 1. The number of hydrogen-bond donors (Lipinski definition) is 1. The smallest absolute Gasteiger partial charge is 0.243 e. The normalized spacial score (nSPS) is 18.7. The number of benzene rings is 2. The van der Waals surface area contributed by atoms with Crippen molar-refractivity contribution in [3.05, 3.63) is 58.1 Å². The summed E-state index contributed by atoms with van der Waals surface area (Å²) < 4.78 is 13.8. The van der Waals surface area contributed by atoms with Gasteiger partial charge in [-0.15, -0.1) is 0 Å². The Kier molecular flexibility index (Phi) is 4.50. The second-order valence-electron chi connectivity index (χ2n) is 6.06. The zero-order valence-electron chi connectivity index (χ0n) is 14.4. The molecule has 2 aromatic carbocycles. The highest BCUT2D eigenvalue weighted by atomic mass is 79.9. The average molecular weight is 416 g/mol. The summed E-state index contributed by atoms with van der Waals surface area (Å²) >= 11 is 3.54. The van der Waals surface area contributed by atoms with Crippen molar-refractivity contribution in [2.45, 2.75) is 18.5 Å². The summed E-state index contributed by atoms with van der Waals surface area (Å²) in [6.45, 7) is 0. The molecule has 3 aromatic rings. The van der Waals surface area contributed by atoms with Crippen molar-refractivity contribution in [1.29, 1.82) is 0 Å². The first-order valence-electron chi connectivity index (χ1n) is 8.21. The first-order chi connectivity index (χ1) is 12.7. The second-order valence-corrected chi connectivity index (χ2v) is 6.97. The van der Waals surface area contributed by atoms with Crippen LogP contribution in [0.15, 0.2) is 46.9 Å². The van der Waals surface area contributed by atoms with Gasteiger partial charge in [0, 0.05) is 10.0 Å². The third kappa shape index (κ3) is 3.01. The number of hydrogen-bond acceptors (Lipinski definition) is 6. The summed E-state index contributed by atoms with van der Waals surface area (Å²) in [4.78, 5) is 0. The molecular weight excluding hydrogens is 398 g/mol. The van der Waals surface area contributed by atoms with Crippen molar-refractivity contribution in [1.82, 2.24) is 20.2 Å². The summed E-state index contributed by atoms with van der Waals surface area (Å²) in [6, 6.07) is 14.0. The predicted octanol–water partition coefficient (Wildman–Crippen LogP) is 3.60. The highest BCUT2D eigenvalue weighted by Crippen LogP contribution is 2.41. The van der Waals surface area contributed by atoms with Crippen LogP contribution in [0.5, 0.6) is 11.5 Å². The van der Waals surface area contributed by atoms with Gasteiger partial charge >= 0.3 is 0 Å². The van der Waals surface area contributed by atoms with Gasteiger partial charge in [0.2, 0.25) is 5.95 Å². The van der Waals surface area contributed by atoms with Gasteiger partial charge in [0.15, 0.2) is 0 Å². The summed E-state index contributed by atoms with van der Waals surface area (Å²) in [5.74, 6) is 2.19. The van der Waals surface area contributed by atoms with Crippen LogP contribution in [0.2, 0.25) is 0 Å². The number of rotatable bonds is 4. The molecule has 1 aromatic heterocycles. The fourth-order valence-electron chi connectivity index (χ4n) is 3.34. The van der Waals surface area contributed by atoms with Crippen molar-refractivity contribution in [3.8, 4) is 11.5 Å². The predicted molar refractivity (Wildman–Crippen MR) is 101 cm³/mol. The molecule has 0 fully saturated rings. The van der Waals surface area contributed by atoms with Crippen LogP contribution in [-0.2, 0) is 0 Å². The molecule has 4 rings (SSSR count). The lowest BCUT2D eigenvalue weighted by Gasteiger charge is -2.31. The molecule has 0 saturated carbocycles. The molecule has 0 amide bonds. The van der Waals surface area contributed by atoms with Gasteiger partial charge < -0.3 is 14.8 Å². The van der Waals surface area contributed by atoms with Crippen LogP contribution in [-0.4, -0.2) is 34.4 Å². The Balaban J connectivity index is 1.79. The Morgan fingerprint density at radius 2 is 2.04 bits per heavy atom. The van der Waals surface area contributed by atoms with Crippen LogP contribution in [0.4, 0.5) is 5.95 Å². The topological polar surface area (TPSA) is 74.1 Å². The maximum Gasteiger partial charge on any atom is 0.243 e. The molecule has 1 N–H and O–H groups in total. The number of nitrogens with zero attached hydrogens (tertiary/aromatic N) is 4. The molecule has 2 atom stereocenters. The van der Waals surface area contributed by atoms with Crippen LogP contribution in [0.1, 0.15) is 29.6 Å². The number of anilines is 1. The molecule has 8 heteroatoms. The van der Waals surface area contributed by atoms with E-state index in [1.54, 1.807) is 18.9 Å². The molecule has 7 nitrogen and oxygen atoms in total. The van der Waals surface area contributed by atoms with Gasteiger partial charge in [0.1, 0.15) is 11.5 Å².